The summed E-state index contributed by atoms with van der Waals surface area (Å²) in [5.41, 5.74) is 0.723. The second kappa shape index (κ2) is 9.72. The molecule has 0 bridgehead atoms. The molecule has 1 heterocycles. The van der Waals surface area contributed by atoms with Gasteiger partial charge in [0.15, 0.2) is 0 Å². The Hall–Kier alpha value is -3.88. The Morgan fingerprint density at radius 3 is 2.29 bits per heavy atom. The van der Waals surface area contributed by atoms with Gasteiger partial charge in [-0.25, -0.2) is 19.4 Å². The molecule has 9 nitrogen and oxygen atoms in total. The Morgan fingerprint density at radius 2 is 1.68 bits per heavy atom. The first-order valence-electron chi connectivity index (χ1n) is 7.94. The van der Waals surface area contributed by atoms with E-state index in [1.165, 1.54) is 39.7 Å². The topological polar surface area (TPSA) is 113 Å². The van der Waals surface area contributed by atoms with Crippen LogP contribution < -0.4 is 10.1 Å². The van der Waals surface area contributed by atoms with Crippen molar-refractivity contribution >= 4 is 23.6 Å². The fourth-order valence-electron chi connectivity index (χ4n) is 2.03. The molecule has 0 radical (unpaired) electrons. The van der Waals surface area contributed by atoms with Gasteiger partial charge in [0.2, 0.25) is 5.88 Å². The lowest BCUT2D eigenvalue weighted by Gasteiger charge is -2.10. The summed E-state index contributed by atoms with van der Waals surface area (Å²) in [6, 6.07) is 9.42. The number of esters is 3. The molecule has 0 saturated heterocycles. The van der Waals surface area contributed by atoms with Crippen molar-refractivity contribution in [2.75, 3.05) is 26.6 Å². The van der Waals surface area contributed by atoms with Crippen LogP contribution in [-0.2, 0) is 23.8 Å². The standard InChI is InChI=1S/C19H18N2O7/c1-25-17(22)11-15(19(24)27-3)21-13-4-6-14(7-5-13)28-16-10-12(8-9-20-16)18(23)26-2/h4-11,21H,1-3H3/b15-11+. The molecule has 0 aliphatic carbocycles. The van der Waals surface area contributed by atoms with E-state index in [1.54, 1.807) is 24.3 Å². The summed E-state index contributed by atoms with van der Waals surface area (Å²) in [4.78, 5) is 38.7. The Kier molecular flexibility index (Phi) is 7.09. The monoisotopic (exact) mass is 386 g/mol. The smallest absolute Gasteiger partial charge is 0.354 e. The summed E-state index contributed by atoms with van der Waals surface area (Å²) in [6.45, 7) is 0. The van der Waals surface area contributed by atoms with Gasteiger partial charge in [0.05, 0.1) is 33.0 Å². The zero-order chi connectivity index (χ0) is 20.5. The molecule has 146 valence electrons. The Labute approximate surface area is 160 Å². The normalized spacial score (nSPS) is 10.6. The van der Waals surface area contributed by atoms with E-state index in [0.29, 0.717) is 17.0 Å². The lowest BCUT2D eigenvalue weighted by Crippen LogP contribution is -2.15. The summed E-state index contributed by atoms with van der Waals surface area (Å²) >= 11 is 0. The van der Waals surface area contributed by atoms with Crippen LogP contribution in [-0.4, -0.2) is 44.2 Å². The number of methoxy groups -OCH3 is 3. The second-order valence-electron chi connectivity index (χ2n) is 5.20. The van der Waals surface area contributed by atoms with Gasteiger partial charge >= 0.3 is 17.9 Å². The van der Waals surface area contributed by atoms with Crippen LogP contribution in [0.5, 0.6) is 11.6 Å². The van der Waals surface area contributed by atoms with Gasteiger partial charge < -0.3 is 24.3 Å². The van der Waals surface area contributed by atoms with Gasteiger partial charge in [-0.05, 0) is 30.3 Å². The van der Waals surface area contributed by atoms with Crippen LogP contribution in [0.25, 0.3) is 0 Å². The molecule has 0 atom stereocenters. The first kappa shape index (κ1) is 20.4. The average molecular weight is 386 g/mol. The molecular formula is C19H18N2O7. The van der Waals surface area contributed by atoms with Gasteiger partial charge in [0.1, 0.15) is 11.4 Å². The Balaban J connectivity index is 2.12. The maximum absolute atomic E-state index is 11.8. The van der Waals surface area contributed by atoms with Crippen LogP contribution in [0.15, 0.2) is 54.4 Å². The van der Waals surface area contributed by atoms with E-state index in [2.05, 4.69) is 24.5 Å². The minimum absolute atomic E-state index is 0.0875. The molecule has 1 N–H and O–H groups in total. The number of hydrogen-bond donors (Lipinski definition) is 1. The molecule has 0 aliphatic heterocycles. The number of anilines is 1. The van der Waals surface area contributed by atoms with E-state index in [4.69, 9.17) is 4.74 Å². The molecule has 0 fully saturated rings. The molecule has 9 heteroatoms. The molecule has 0 amide bonds. The number of ether oxygens (including phenoxy) is 4. The van der Waals surface area contributed by atoms with Crippen molar-refractivity contribution in [2.45, 2.75) is 0 Å². The zero-order valence-corrected chi connectivity index (χ0v) is 15.4. The number of carbonyl (C=O) groups excluding carboxylic acids is 3. The third-order valence-corrected chi connectivity index (χ3v) is 3.38. The van der Waals surface area contributed by atoms with Crippen molar-refractivity contribution in [3.63, 3.8) is 0 Å². The fourth-order valence-corrected chi connectivity index (χ4v) is 2.03. The van der Waals surface area contributed by atoms with Gasteiger partial charge in [-0.3, -0.25) is 0 Å². The number of benzene rings is 1. The number of carbonyl (C=O) groups is 3. The van der Waals surface area contributed by atoms with E-state index < -0.39 is 17.9 Å². The lowest BCUT2D eigenvalue weighted by molar-refractivity contribution is -0.138. The van der Waals surface area contributed by atoms with Crippen molar-refractivity contribution in [1.29, 1.82) is 0 Å². The summed E-state index contributed by atoms with van der Waals surface area (Å²) in [7, 11) is 3.68. The van der Waals surface area contributed by atoms with E-state index in [-0.39, 0.29) is 11.6 Å². The number of nitrogens with one attached hydrogen (secondary N) is 1. The minimum atomic E-state index is -0.727. The molecule has 1 aromatic carbocycles. The predicted octanol–water partition coefficient (Wildman–Crippen LogP) is 2.30. The van der Waals surface area contributed by atoms with Crippen LogP contribution in [0, 0.1) is 0 Å². The lowest BCUT2D eigenvalue weighted by atomic mass is 10.2. The first-order chi connectivity index (χ1) is 13.5. The highest BCUT2D eigenvalue weighted by atomic mass is 16.5. The van der Waals surface area contributed by atoms with E-state index in [9.17, 15) is 14.4 Å². The largest absolute Gasteiger partial charge is 0.466 e. The Bertz CT molecular complexity index is 891. The predicted molar refractivity (Wildman–Crippen MR) is 97.8 cm³/mol. The van der Waals surface area contributed by atoms with Gasteiger partial charge in [0, 0.05) is 18.0 Å². The highest BCUT2D eigenvalue weighted by Gasteiger charge is 2.13. The minimum Gasteiger partial charge on any atom is -0.466 e. The highest BCUT2D eigenvalue weighted by molar-refractivity contribution is 5.98. The summed E-state index contributed by atoms with van der Waals surface area (Å²) in [5.74, 6) is -1.28. The second-order valence-corrected chi connectivity index (χ2v) is 5.20. The highest BCUT2D eigenvalue weighted by Crippen LogP contribution is 2.23. The number of rotatable bonds is 7. The van der Waals surface area contributed by atoms with Crippen molar-refractivity contribution in [2.24, 2.45) is 0 Å². The third-order valence-electron chi connectivity index (χ3n) is 3.38. The van der Waals surface area contributed by atoms with Gasteiger partial charge in [-0.15, -0.1) is 0 Å². The molecule has 0 unspecified atom stereocenters. The molecule has 2 rings (SSSR count). The van der Waals surface area contributed by atoms with Gasteiger partial charge in [0.25, 0.3) is 0 Å². The number of hydrogen-bond acceptors (Lipinski definition) is 9. The molecular weight excluding hydrogens is 368 g/mol. The quantitative estimate of drug-likeness (QED) is 0.435. The van der Waals surface area contributed by atoms with Crippen molar-refractivity contribution in [3.8, 4) is 11.6 Å². The molecule has 2 aromatic rings. The van der Waals surface area contributed by atoms with Crippen LogP contribution in [0.3, 0.4) is 0 Å². The van der Waals surface area contributed by atoms with Gasteiger partial charge in [-0.1, -0.05) is 0 Å². The maximum Gasteiger partial charge on any atom is 0.354 e. The number of aromatic nitrogens is 1. The third kappa shape index (κ3) is 5.56. The van der Waals surface area contributed by atoms with Crippen LogP contribution >= 0.6 is 0 Å². The summed E-state index contributed by atoms with van der Waals surface area (Å²) in [5, 5.41) is 2.77. The van der Waals surface area contributed by atoms with E-state index >= 15 is 0 Å². The molecule has 0 saturated carbocycles. The maximum atomic E-state index is 11.8. The molecule has 0 spiro atoms. The van der Waals surface area contributed by atoms with Crippen molar-refractivity contribution in [3.05, 3.63) is 59.9 Å². The summed E-state index contributed by atoms with van der Waals surface area (Å²) < 4.78 is 19.4. The summed E-state index contributed by atoms with van der Waals surface area (Å²) in [6.07, 6.45) is 2.41. The van der Waals surface area contributed by atoms with Gasteiger partial charge in [-0.2, -0.15) is 0 Å². The first-order valence-corrected chi connectivity index (χ1v) is 7.94. The van der Waals surface area contributed by atoms with Crippen LogP contribution in [0.2, 0.25) is 0 Å². The fraction of sp³-hybridized carbons (Fsp3) is 0.158. The van der Waals surface area contributed by atoms with Crippen molar-refractivity contribution < 1.29 is 33.3 Å². The zero-order valence-electron chi connectivity index (χ0n) is 15.4. The van der Waals surface area contributed by atoms with E-state index in [1.807, 2.05) is 0 Å². The van der Waals surface area contributed by atoms with Crippen molar-refractivity contribution in [1.82, 2.24) is 4.98 Å². The average Bonchev–Trinajstić information content (AvgIpc) is 2.73. The number of nitrogens with zero attached hydrogens (tertiary/aromatic N) is 1. The van der Waals surface area contributed by atoms with E-state index in [0.717, 1.165) is 6.08 Å². The molecule has 0 aliphatic rings. The van der Waals surface area contributed by atoms with Crippen LogP contribution in [0.1, 0.15) is 10.4 Å². The molecule has 1 aromatic heterocycles. The SMILES string of the molecule is COC(=O)/C=C(/Nc1ccc(Oc2cc(C(=O)OC)ccn2)cc1)C(=O)OC. The Morgan fingerprint density at radius 1 is 0.964 bits per heavy atom. The van der Waals surface area contributed by atoms with Crippen LogP contribution in [0.4, 0.5) is 5.69 Å². The number of pyridine rings is 1. The molecule has 28 heavy (non-hydrogen) atoms.